The molecule has 1 unspecified atom stereocenters. The van der Waals surface area contributed by atoms with Crippen LogP contribution in [0.5, 0.6) is 0 Å². The van der Waals surface area contributed by atoms with Gasteiger partial charge in [-0.05, 0) is 43.5 Å². The third-order valence-electron chi connectivity index (χ3n) is 7.06. The molecule has 0 spiro atoms. The van der Waals surface area contributed by atoms with Crippen molar-refractivity contribution >= 4 is 47.6 Å². The maximum absolute atomic E-state index is 13.5. The second-order valence-corrected chi connectivity index (χ2v) is 11.7. The monoisotopic (exact) mass is 820 g/mol. The minimum atomic E-state index is -5.08. The number of nitrogen functional groups attached to an aromatic ring is 2. The minimum absolute atomic E-state index is 0.0473. The van der Waals surface area contributed by atoms with Crippen LogP contribution in [0.25, 0.3) is 11.3 Å². The SMILES string of the molecule is CCC(C)[C@H](NC(=O)c1cc(N)cc(-c2cnc(NC(C)C)c(=O)n2CC(=O)NCc2ccc(C(=N)N)cc2)c1)C(=O)O.FC(F)F.O=C(O)C(F)(F)F.O=CO. The quantitative estimate of drug-likeness (QED) is 0.0392. The van der Waals surface area contributed by atoms with Gasteiger partial charge in [0.25, 0.3) is 17.9 Å². The second-order valence-electron chi connectivity index (χ2n) is 11.7. The molecule has 2 atom stereocenters. The summed E-state index contributed by atoms with van der Waals surface area (Å²) < 4.78 is 62.0. The number of halogens is 6. The fourth-order valence-electron chi connectivity index (χ4n) is 4.29. The summed E-state index contributed by atoms with van der Waals surface area (Å²) in [5, 5.41) is 39.4. The number of benzene rings is 2. The van der Waals surface area contributed by atoms with Gasteiger partial charge in [0.15, 0.2) is 5.82 Å². The van der Waals surface area contributed by atoms with Crippen molar-refractivity contribution in [2.45, 2.75) is 72.1 Å². The topological polar surface area (TPSA) is 293 Å². The number of aromatic nitrogens is 2. The number of amidine groups is 1. The fraction of sp³-hybridized carbons (Fsp3) is 0.353. The molecule has 0 radical (unpaired) electrons. The minimum Gasteiger partial charge on any atom is -0.483 e. The Hall–Kier alpha value is -6.68. The van der Waals surface area contributed by atoms with Gasteiger partial charge < -0.3 is 42.7 Å². The van der Waals surface area contributed by atoms with E-state index in [-0.39, 0.29) is 60.1 Å². The second kappa shape index (κ2) is 24.0. The summed E-state index contributed by atoms with van der Waals surface area (Å²) in [6, 6.07) is 10.0. The van der Waals surface area contributed by atoms with E-state index >= 15 is 0 Å². The highest BCUT2D eigenvalue weighted by atomic mass is 19.4. The number of alkyl halides is 6. The molecule has 57 heavy (non-hydrogen) atoms. The first-order valence-corrected chi connectivity index (χ1v) is 16.2. The first-order valence-electron chi connectivity index (χ1n) is 16.2. The van der Waals surface area contributed by atoms with E-state index in [4.69, 9.17) is 36.7 Å². The number of carboxylic acids is 2. The first kappa shape index (κ1) is 50.3. The molecule has 314 valence electrons. The number of anilines is 2. The van der Waals surface area contributed by atoms with E-state index in [1.807, 2.05) is 20.8 Å². The van der Waals surface area contributed by atoms with Crippen LogP contribution in [0.3, 0.4) is 0 Å². The highest BCUT2D eigenvalue weighted by molar-refractivity contribution is 5.98. The average molecular weight is 821 g/mol. The Morgan fingerprint density at radius 2 is 1.53 bits per heavy atom. The normalized spacial score (nSPS) is 11.5. The van der Waals surface area contributed by atoms with E-state index in [9.17, 15) is 50.6 Å². The third kappa shape index (κ3) is 18.5. The largest absolute Gasteiger partial charge is 0.490 e. The zero-order valence-corrected chi connectivity index (χ0v) is 30.7. The zero-order chi connectivity index (χ0) is 44.2. The lowest BCUT2D eigenvalue weighted by Gasteiger charge is -2.21. The van der Waals surface area contributed by atoms with E-state index in [1.54, 1.807) is 31.2 Å². The lowest BCUT2D eigenvalue weighted by molar-refractivity contribution is -0.192. The summed E-state index contributed by atoms with van der Waals surface area (Å²) in [7, 11) is 0. The van der Waals surface area contributed by atoms with Gasteiger partial charge in [0.1, 0.15) is 18.4 Å². The number of carbonyl (C=O) groups is 5. The summed E-state index contributed by atoms with van der Waals surface area (Å²) in [5.74, 6) is -5.35. The molecule has 23 heteroatoms. The number of carbonyl (C=O) groups excluding carboxylic acids is 2. The maximum atomic E-state index is 13.5. The smallest absolute Gasteiger partial charge is 0.483 e. The van der Waals surface area contributed by atoms with Crippen LogP contribution in [-0.4, -0.2) is 85.9 Å². The van der Waals surface area contributed by atoms with Crippen LogP contribution in [0.1, 0.15) is 55.6 Å². The third-order valence-corrected chi connectivity index (χ3v) is 7.06. The van der Waals surface area contributed by atoms with Crippen molar-refractivity contribution in [2.24, 2.45) is 11.7 Å². The summed E-state index contributed by atoms with van der Waals surface area (Å²) in [4.78, 5) is 72.9. The Labute approximate surface area is 320 Å². The van der Waals surface area contributed by atoms with Crippen molar-refractivity contribution in [3.63, 3.8) is 0 Å². The van der Waals surface area contributed by atoms with Crippen molar-refractivity contribution in [2.75, 3.05) is 11.1 Å². The van der Waals surface area contributed by atoms with Crippen LogP contribution < -0.4 is 33.0 Å². The number of nitrogens with one attached hydrogen (secondary N) is 4. The lowest BCUT2D eigenvalue weighted by Crippen LogP contribution is -2.45. The molecule has 2 aromatic carbocycles. The number of hydrogen-bond acceptors (Lipinski definition) is 10. The fourth-order valence-corrected chi connectivity index (χ4v) is 4.29. The molecule has 0 aliphatic carbocycles. The van der Waals surface area contributed by atoms with Crippen LogP contribution in [0.2, 0.25) is 0 Å². The van der Waals surface area contributed by atoms with E-state index in [0.29, 0.717) is 17.5 Å². The van der Waals surface area contributed by atoms with Crippen LogP contribution in [-0.2, 0) is 32.3 Å². The molecular weight excluding hydrogens is 778 g/mol. The van der Waals surface area contributed by atoms with Gasteiger partial charge in [-0.1, -0.05) is 44.5 Å². The van der Waals surface area contributed by atoms with Crippen molar-refractivity contribution in [1.82, 2.24) is 20.2 Å². The van der Waals surface area contributed by atoms with Crippen LogP contribution >= 0.6 is 0 Å². The molecule has 0 bridgehead atoms. The molecule has 0 saturated carbocycles. The molecule has 3 rings (SSSR count). The molecule has 0 fully saturated rings. The van der Waals surface area contributed by atoms with Crippen molar-refractivity contribution in [1.29, 1.82) is 5.41 Å². The number of rotatable bonds is 13. The molecule has 3 aromatic rings. The predicted octanol–water partition coefficient (Wildman–Crippen LogP) is 3.65. The van der Waals surface area contributed by atoms with Gasteiger partial charge in [-0.25, -0.2) is 14.6 Å². The summed E-state index contributed by atoms with van der Waals surface area (Å²) >= 11 is 0. The van der Waals surface area contributed by atoms with E-state index in [2.05, 4.69) is 20.9 Å². The molecule has 1 heterocycles. The molecule has 11 N–H and O–H groups in total. The molecular formula is C34H42F6N8O9. The molecule has 0 aliphatic heterocycles. The molecule has 2 amide bonds. The van der Waals surface area contributed by atoms with E-state index in [1.165, 1.54) is 29.0 Å². The van der Waals surface area contributed by atoms with Gasteiger partial charge in [-0.15, -0.1) is 0 Å². The molecule has 0 aliphatic rings. The first-order chi connectivity index (χ1) is 26.4. The van der Waals surface area contributed by atoms with Crippen LogP contribution in [0, 0.1) is 11.3 Å². The van der Waals surface area contributed by atoms with Gasteiger partial charge in [0.2, 0.25) is 5.91 Å². The number of nitrogens with zero attached hydrogens (tertiary/aromatic N) is 2. The van der Waals surface area contributed by atoms with Gasteiger partial charge in [0, 0.05) is 35.0 Å². The number of amides is 2. The average Bonchev–Trinajstić information content (AvgIpc) is 3.10. The predicted molar refractivity (Wildman–Crippen MR) is 194 cm³/mol. The van der Waals surface area contributed by atoms with Gasteiger partial charge in [-0.2, -0.15) is 26.3 Å². The van der Waals surface area contributed by atoms with Crippen molar-refractivity contribution < 1.29 is 65.6 Å². The zero-order valence-electron chi connectivity index (χ0n) is 30.7. The number of hydrogen-bond donors (Lipinski definition) is 9. The lowest BCUT2D eigenvalue weighted by atomic mass is 9.98. The van der Waals surface area contributed by atoms with Gasteiger partial charge in [0.05, 0.1) is 11.9 Å². The highest BCUT2D eigenvalue weighted by Gasteiger charge is 2.38. The Bertz CT molecular complexity index is 1890. The standard InChI is InChI=1S/C30H38N8O5.C2HF3O2.CHF3.CH2O2/c1-5-17(4)25(30(42)43)37-28(40)21-10-20(11-22(31)12-21)23-14-35-27(36-16(2)3)29(41)38(23)15-24(39)34-13-18-6-8-19(9-7-18)26(32)33;3-2(4,5)1(6)7;2-1(3)4;2-1-3/h6-12,14,16-17,25H,5,13,15,31H2,1-4H3,(H3,32,33)(H,34,39)(H,35,36)(H,37,40)(H,42,43);(H,6,7);1H;1H,(H,2,3)/t17?,25-;;;/m0.../s1. The van der Waals surface area contributed by atoms with Crippen LogP contribution in [0.15, 0.2) is 53.5 Å². The van der Waals surface area contributed by atoms with Gasteiger partial charge >= 0.3 is 24.8 Å². The summed E-state index contributed by atoms with van der Waals surface area (Å²) in [6.45, 7) is 3.14. The van der Waals surface area contributed by atoms with Crippen LogP contribution in [0.4, 0.5) is 37.8 Å². The Morgan fingerprint density at radius 3 is 1.96 bits per heavy atom. The van der Waals surface area contributed by atoms with E-state index < -0.39 is 48.2 Å². The van der Waals surface area contributed by atoms with Gasteiger partial charge in [-0.3, -0.25) is 29.2 Å². The Morgan fingerprint density at radius 1 is 1.00 bits per heavy atom. The maximum Gasteiger partial charge on any atom is 0.490 e. The van der Waals surface area contributed by atoms with E-state index in [0.717, 1.165) is 5.56 Å². The molecule has 17 nitrogen and oxygen atoms in total. The van der Waals surface area contributed by atoms with Crippen molar-refractivity contribution in [3.8, 4) is 11.3 Å². The molecule has 0 saturated heterocycles. The Balaban J connectivity index is 0.00000192. The summed E-state index contributed by atoms with van der Waals surface area (Å²) in [5.41, 5.74) is 13.2. The highest BCUT2D eigenvalue weighted by Crippen LogP contribution is 2.24. The Kier molecular flexibility index (Phi) is 21.2. The van der Waals surface area contributed by atoms with Crippen molar-refractivity contribution in [3.05, 3.63) is 75.7 Å². The molecule has 1 aromatic heterocycles. The number of nitrogens with two attached hydrogens (primary N) is 2. The summed E-state index contributed by atoms with van der Waals surface area (Å²) in [6.07, 6.45) is -3.13. The number of carboxylic acid groups (broad SMARTS) is 3. The number of aliphatic carboxylic acids is 2.